The fraction of sp³-hybridized carbons (Fsp3) is 0.471. The standard InChI is InChI=1S/C17H23N3O2/c18-15-16(13-7-2-3-8-14(13)22-17(15)21)19-9-6-12-20-10-4-1-5-11-20/h2-3,7-8,19H,1,4-6,9-12,18H2. The highest BCUT2D eigenvalue weighted by molar-refractivity contribution is 5.95. The van der Waals surface area contributed by atoms with Crippen molar-refractivity contribution >= 4 is 22.3 Å². The number of rotatable bonds is 5. The lowest BCUT2D eigenvalue weighted by atomic mass is 10.1. The molecule has 1 saturated heterocycles. The summed E-state index contributed by atoms with van der Waals surface area (Å²) in [6, 6.07) is 7.47. The molecule has 118 valence electrons. The van der Waals surface area contributed by atoms with Gasteiger partial charge in [-0.25, -0.2) is 4.79 Å². The second-order valence-electron chi connectivity index (χ2n) is 5.86. The van der Waals surface area contributed by atoms with E-state index in [1.54, 1.807) is 6.07 Å². The van der Waals surface area contributed by atoms with Crippen LogP contribution in [-0.4, -0.2) is 31.1 Å². The van der Waals surface area contributed by atoms with Crippen LogP contribution in [0.4, 0.5) is 11.4 Å². The van der Waals surface area contributed by atoms with Crippen LogP contribution < -0.4 is 16.7 Å². The molecular formula is C17H23N3O2. The first-order valence-electron chi connectivity index (χ1n) is 8.03. The lowest BCUT2D eigenvalue weighted by Crippen LogP contribution is -2.31. The summed E-state index contributed by atoms with van der Waals surface area (Å²) >= 11 is 0. The monoisotopic (exact) mass is 301 g/mol. The molecule has 1 aliphatic heterocycles. The van der Waals surface area contributed by atoms with Crippen molar-refractivity contribution in [2.75, 3.05) is 37.2 Å². The molecule has 0 bridgehead atoms. The van der Waals surface area contributed by atoms with E-state index in [1.165, 1.54) is 32.4 Å². The maximum absolute atomic E-state index is 11.8. The SMILES string of the molecule is Nc1c(NCCCN2CCCCC2)c2ccccc2oc1=O. The second kappa shape index (κ2) is 6.83. The van der Waals surface area contributed by atoms with Crippen molar-refractivity contribution < 1.29 is 4.42 Å². The largest absolute Gasteiger partial charge is 0.421 e. The van der Waals surface area contributed by atoms with Crippen LogP contribution >= 0.6 is 0 Å². The molecule has 1 aromatic heterocycles. The number of piperidine rings is 1. The van der Waals surface area contributed by atoms with Crippen LogP contribution in [0.5, 0.6) is 0 Å². The Labute approximate surface area is 130 Å². The maximum Gasteiger partial charge on any atom is 0.361 e. The average Bonchev–Trinajstić information content (AvgIpc) is 2.55. The maximum atomic E-state index is 11.8. The third-order valence-corrected chi connectivity index (χ3v) is 4.25. The lowest BCUT2D eigenvalue weighted by Gasteiger charge is -2.26. The number of hydrogen-bond acceptors (Lipinski definition) is 5. The summed E-state index contributed by atoms with van der Waals surface area (Å²) in [4.78, 5) is 14.3. The highest BCUT2D eigenvalue weighted by Crippen LogP contribution is 2.26. The summed E-state index contributed by atoms with van der Waals surface area (Å²) in [7, 11) is 0. The van der Waals surface area contributed by atoms with Gasteiger partial charge in [0.15, 0.2) is 0 Å². The summed E-state index contributed by atoms with van der Waals surface area (Å²) in [5.74, 6) is 0. The summed E-state index contributed by atoms with van der Waals surface area (Å²) < 4.78 is 5.21. The molecule has 0 saturated carbocycles. The first-order chi connectivity index (χ1) is 10.8. The Morgan fingerprint density at radius 3 is 2.77 bits per heavy atom. The minimum Gasteiger partial charge on any atom is -0.421 e. The van der Waals surface area contributed by atoms with Gasteiger partial charge in [0.05, 0.1) is 5.69 Å². The van der Waals surface area contributed by atoms with E-state index in [4.69, 9.17) is 10.2 Å². The van der Waals surface area contributed by atoms with Crippen molar-refractivity contribution in [1.82, 2.24) is 4.90 Å². The molecule has 22 heavy (non-hydrogen) atoms. The molecule has 0 aliphatic carbocycles. The minimum absolute atomic E-state index is 0.164. The molecule has 0 radical (unpaired) electrons. The Kier molecular flexibility index (Phi) is 4.63. The predicted octanol–water partition coefficient (Wildman–Crippen LogP) is 2.66. The fourth-order valence-electron chi connectivity index (χ4n) is 3.05. The molecule has 0 spiro atoms. The smallest absolute Gasteiger partial charge is 0.361 e. The third kappa shape index (κ3) is 3.25. The van der Waals surface area contributed by atoms with Gasteiger partial charge in [-0.2, -0.15) is 0 Å². The van der Waals surface area contributed by atoms with Crippen LogP contribution in [0.1, 0.15) is 25.7 Å². The Bertz CT molecular complexity index is 690. The number of anilines is 2. The van der Waals surface area contributed by atoms with E-state index in [0.717, 1.165) is 24.9 Å². The van der Waals surface area contributed by atoms with Gasteiger partial charge in [0, 0.05) is 11.9 Å². The number of nitrogens with zero attached hydrogens (tertiary/aromatic N) is 1. The van der Waals surface area contributed by atoms with Crippen molar-refractivity contribution in [2.45, 2.75) is 25.7 Å². The van der Waals surface area contributed by atoms with Crippen LogP contribution in [-0.2, 0) is 0 Å². The fourth-order valence-corrected chi connectivity index (χ4v) is 3.05. The average molecular weight is 301 g/mol. The topological polar surface area (TPSA) is 71.5 Å². The molecule has 1 fully saturated rings. The van der Waals surface area contributed by atoms with Crippen molar-refractivity contribution in [3.8, 4) is 0 Å². The van der Waals surface area contributed by atoms with Crippen LogP contribution in [0.15, 0.2) is 33.5 Å². The number of nitrogens with one attached hydrogen (secondary N) is 1. The zero-order valence-corrected chi connectivity index (χ0v) is 12.8. The Morgan fingerprint density at radius 1 is 1.18 bits per heavy atom. The zero-order chi connectivity index (χ0) is 15.4. The number of benzene rings is 1. The summed E-state index contributed by atoms with van der Waals surface area (Å²) in [6.45, 7) is 4.31. The molecule has 2 aromatic rings. The van der Waals surface area contributed by atoms with Gasteiger partial charge in [-0.1, -0.05) is 18.6 Å². The van der Waals surface area contributed by atoms with Crippen LogP contribution in [0.25, 0.3) is 11.0 Å². The number of fused-ring (bicyclic) bond motifs is 1. The Balaban J connectivity index is 1.65. The summed E-state index contributed by atoms with van der Waals surface area (Å²) in [5.41, 5.74) is 6.85. The highest BCUT2D eigenvalue weighted by atomic mass is 16.4. The van der Waals surface area contributed by atoms with Gasteiger partial charge in [-0.05, 0) is 51.0 Å². The van der Waals surface area contributed by atoms with E-state index in [1.807, 2.05) is 18.2 Å². The van der Waals surface area contributed by atoms with Gasteiger partial charge in [0.1, 0.15) is 11.3 Å². The molecule has 0 atom stereocenters. The molecule has 5 nitrogen and oxygen atoms in total. The van der Waals surface area contributed by atoms with Gasteiger partial charge in [0.25, 0.3) is 0 Å². The Morgan fingerprint density at radius 2 is 1.95 bits per heavy atom. The Hall–Kier alpha value is -2.01. The normalized spacial score (nSPS) is 16.0. The quantitative estimate of drug-likeness (QED) is 0.656. The predicted molar refractivity (Wildman–Crippen MR) is 90.3 cm³/mol. The number of likely N-dealkylation sites (tertiary alicyclic amines) is 1. The molecule has 0 amide bonds. The molecule has 5 heteroatoms. The van der Waals surface area contributed by atoms with E-state index in [9.17, 15) is 4.79 Å². The third-order valence-electron chi connectivity index (χ3n) is 4.25. The molecule has 3 N–H and O–H groups in total. The van der Waals surface area contributed by atoms with E-state index >= 15 is 0 Å². The highest BCUT2D eigenvalue weighted by Gasteiger charge is 2.12. The van der Waals surface area contributed by atoms with Gasteiger partial charge in [-0.3, -0.25) is 0 Å². The number of nitrogen functional groups attached to an aromatic ring is 1. The van der Waals surface area contributed by atoms with E-state index in [0.29, 0.717) is 11.3 Å². The number of hydrogen-bond donors (Lipinski definition) is 2. The van der Waals surface area contributed by atoms with E-state index in [-0.39, 0.29) is 5.69 Å². The van der Waals surface area contributed by atoms with Crippen molar-refractivity contribution in [3.63, 3.8) is 0 Å². The molecule has 1 aromatic carbocycles. The zero-order valence-electron chi connectivity index (χ0n) is 12.8. The van der Waals surface area contributed by atoms with Crippen LogP contribution in [0.3, 0.4) is 0 Å². The molecule has 2 heterocycles. The van der Waals surface area contributed by atoms with E-state index < -0.39 is 5.63 Å². The van der Waals surface area contributed by atoms with Crippen LogP contribution in [0, 0.1) is 0 Å². The minimum atomic E-state index is -0.475. The molecule has 3 rings (SSSR count). The van der Waals surface area contributed by atoms with Crippen molar-refractivity contribution in [1.29, 1.82) is 0 Å². The summed E-state index contributed by atoms with van der Waals surface area (Å²) in [5, 5.41) is 4.18. The first-order valence-corrected chi connectivity index (χ1v) is 8.03. The van der Waals surface area contributed by atoms with Gasteiger partial charge in [-0.15, -0.1) is 0 Å². The van der Waals surface area contributed by atoms with Crippen LogP contribution in [0.2, 0.25) is 0 Å². The van der Waals surface area contributed by atoms with Gasteiger partial charge >= 0.3 is 5.63 Å². The van der Waals surface area contributed by atoms with Crippen molar-refractivity contribution in [3.05, 3.63) is 34.7 Å². The first kappa shape index (κ1) is 14.9. The van der Waals surface area contributed by atoms with Gasteiger partial charge in [0.2, 0.25) is 0 Å². The summed E-state index contributed by atoms with van der Waals surface area (Å²) in [6.07, 6.45) is 5.01. The number of para-hydroxylation sites is 1. The molecular weight excluding hydrogens is 278 g/mol. The van der Waals surface area contributed by atoms with Crippen molar-refractivity contribution in [2.24, 2.45) is 0 Å². The van der Waals surface area contributed by atoms with E-state index in [2.05, 4.69) is 10.2 Å². The lowest BCUT2D eigenvalue weighted by molar-refractivity contribution is 0.228. The second-order valence-corrected chi connectivity index (χ2v) is 5.86. The number of nitrogens with two attached hydrogens (primary N) is 1. The molecule has 1 aliphatic rings. The molecule has 0 unspecified atom stereocenters. The van der Waals surface area contributed by atoms with Gasteiger partial charge < -0.3 is 20.4 Å².